The third kappa shape index (κ3) is 6.67. The second-order valence-electron chi connectivity index (χ2n) is 6.72. The first-order chi connectivity index (χ1) is 11.6. The second-order valence-corrected chi connectivity index (χ2v) is 6.72. The van der Waals surface area contributed by atoms with E-state index in [4.69, 9.17) is 5.73 Å². The second kappa shape index (κ2) is 11.1. The highest BCUT2D eigenvalue weighted by molar-refractivity contribution is 6.04. The van der Waals surface area contributed by atoms with Crippen molar-refractivity contribution < 1.29 is 9.59 Å². The SMILES string of the molecule is CC(CC1CCCCC1)C(=O)Nc1ccccc1C(=O)NCCN.Cl. The molecule has 6 heteroatoms. The number of amides is 2. The Labute approximate surface area is 156 Å². The van der Waals surface area contributed by atoms with Crippen LogP contribution in [0.15, 0.2) is 24.3 Å². The summed E-state index contributed by atoms with van der Waals surface area (Å²) in [5.41, 5.74) is 6.46. The van der Waals surface area contributed by atoms with Crippen LogP contribution in [0.3, 0.4) is 0 Å². The first-order valence-corrected chi connectivity index (χ1v) is 9.00. The van der Waals surface area contributed by atoms with Crippen molar-refractivity contribution in [3.63, 3.8) is 0 Å². The molecule has 0 saturated heterocycles. The quantitative estimate of drug-likeness (QED) is 0.691. The fourth-order valence-corrected chi connectivity index (χ4v) is 3.36. The lowest BCUT2D eigenvalue weighted by Crippen LogP contribution is -2.30. The van der Waals surface area contributed by atoms with Crippen LogP contribution in [0.2, 0.25) is 0 Å². The maximum atomic E-state index is 12.5. The summed E-state index contributed by atoms with van der Waals surface area (Å²) >= 11 is 0. The average molecular weight is 368 g/mol. The molecule has 1 fully saturated rings. The van der Waals surface area contributed by atoms with Crippen molar-refractivity contribution in [2.75, 3.05) is 18.4 Å². The van der Waals surface area contributed by atoms with Crippen LogP contribution < -0.4 is 16.4 Å². The molecule has 4 N–H and O–H groups in total. The van der Waals surface area contributed by atoms with E-state index in [1.807, 2.05) is 13.0 Å². The zero-order chi connectivity index (χ0) is 17.4. The van der Waals surface area contributed by atoms with Crippen LogP contribution in [0.4, 0.5) is 5.69 Å². The molecule has 2 rings (SSSR count). The molecule has 0 aromatic heterocycles. The first kappa shape index (κ1) is 21.5. The third-order valence-corrected chi connectivity index (χ3v) is 4.72. The molecule has 0 aliphatic heterocycles. The standard InChI is InChI=1S/C19H29N3O2.ClH/c1-14(13-15-7-3-2-4-8-15)18(23)22-17-10-6-5-9-16(17)19(24)21-12-11-20;/h5-6,9-10,14-15H,2-4,7-8,11-13,20H2,1H3,(H,21,24)(H,22,23);1H. The normalized spacial score (nSPS) is 15.8. The maximum absolute atomic E-state index is 12.5. The van der Waals surface area contributed by atoms with E-state index in [0.717, 1.165) is 6.42 Å². The molecular weight excluding hydrogens is 338 g/mol. The van der Waals surface area contributed by atoms with Gasteiger partial charge < -0.3 is 16.4 Å². The molecule has 1 aromatic rings. The minimum Gasteiger partial charge on any atom is -0.351 e. The molecule has 0 bridgehead atoms. The van der Waals surface area contributed by atoms with E-state index >= 15 is 0 Å². The number of carbonyl (C=O) groups is 2. The van der Waals surface area contributed by atoms with Gasteiger partial charge in [-0.15, -0.1) is 12.4 Å². The van der Waals surface area contributed by atoms with Gasteiger partial charge in [0.05, 0.1) is 11.3 Å². The van der Waals surface area contributed by atoms with Gasteiger partial charge in [-0.1, -0.05) is 51.2 Å². The van der Waals surface area contributed by atoms with Crippen LogP contribution in [0, 0.1) is 11.8 Å². The highest BCUT2D eigenvalue weighted by Crippen LogP contribution is 2.29. The number of benzene rings is 1. The molecule has 1 aliphatic carbocycles. The van der Waals surface area contributed by atoms with Gasteiger partial charge in [0, 0.05) is 19.0 Å². The van der Waals surface area contributed by atoms with Crippen molar-refractivity contribution in [3.8, 4) is 0 Å². The van der Waals surface area contributed by atoms with E-state index in [9.17, 15) is 9.59 Å². The third-order valence-electron chi connectivity index (χ3n) is 4.72. The summed E-state index contributed by atoms with van der Waals surface area (Å²) < 4.78 is 0. The molecule has 2 amide bonds. The Morgan fingerprint density at radius 3 is 2.56 bits per heavy atom. The number of carbonyl (C=O) groups excluding carboxylic acids is 2. The monoisotopic (exact) mass is 367 g/mol. The zero-order valence-corrected chi connectivity index (χ0v) is 15.7. The van der Waals surface area contributed by atoms with Gasteiger partial charge in [0.15, 0.2) is 0 Å². The Bertz CT molecular complexity index is 559. The zero-order valence-electron chi connectivity index (χ0n) is 14.9. The Kier molecular flexibility index (Phi) is 9.53. The molecule has 5 nitrogen and oxygen atoms in total. The van der Waals surface area contributed by atoms with Gasteiger partial charge in [0.1, 0.15) is 0 Å². The fourth-order valence-electron chi connectivity index (χ4n) is 3.36. The Morgan fingerprint density at radius 1 is 1.20 bits per heavy atom. The van der Waals surface area contributed by atoms with E-state index in [2.05, 4.69) is 10.6 Å². The number of halogens is 1. The molecule has 1 saturated carbocycles. The van der Waals surface area contributed by atoms with Gasteiger partial charge in [-0.2, -0.15) is 0 Å². The molecule has 25 heavy (non-hydrogen) atoms. The lowest BCUT2D eigenvalue weighted by atomic mass is 9.83. The molecule has 1 atom stereocenters. The van der Waals surface area contributed by atoms with Crippen molar-refractivity contribution in [1.29, 1.82) is 0 Å². The van der Waals surface area contributed by atoms with Gasteiger partial charge in [-0.05, 0) is 24.5 Å². The summed E-state index contributed by atoms with van der Waals surface area (Å²) in [7, 11) is 0. The minimum absolute atomic E-state index is 0. The predicted octanol–water partition coefficient (Wildman–Crippen LogP) is 3.34. The van der Waals surface area contributed by atoms with E-state index in [1.165, 1.54) is 32.1 Å². The number of para-hydroxylation sites is 1. The van der Waals surface area contributed by atoms with Gasteiger partial charge in [0.2, 0.25) is 5.91 Å². The van der Waals surface area contributed by atoms with E-state index in [-0.39, 0.29) is 30.1 Å². The largest absolute Gasteiger partial charge is 0.351 e. The highest BCUT2D eigenvalue weighted by Gasteiger charge is 2.22. The average Bonchev–Trinajstić information content (AvgIpc) is 2.61. The number of hydrogen-bond donors (Lipinski definition) is 3. The van der Waals surface area contributed by atoms with Crippen LogP contribution in [0.1, 0.15) is 55.8 Å². The molecule has 0 heterocycles. The van der Waals surface area contributed by atoms with E-state index < -0.39 is 0 Å². The van der Waals surface area contributed by atoms with Crippen molar-refractivity contribution >= 4 is 29.9 Å². The molecule has 1 aliphatic rings. The van der Waals surface area contributed by atoms with Crippen LogP contribution in [0.5, 0.6) is 0 Å². The minimum atomic E-state index is -0.212. The van der Waals surface area contributed by atoms with Crippen LogP contribution >= 0.6 is 12.4 Å². The first-order valence-electron chi connectivity index (χ1n) is 9.00. The Morgan fingerprint density at radius 2 is 1.88 bits per heavy atom. The fraction of sp³-hybridized carbons (Fsp3) is 0.579. The van der Waals surface area contributed by atoms with Crippen LogP contribution in [0.25, 0.3) is 0 Å². The Balaban J connectivity index is 0.00000312. The summed E-state index contributed by atoms with van der Waals surface area (Å²) in [5, 5.41) is 5.67. The lowest BCUT2D eigenvalue weighted by molar-refractivity contribution is -0.120. The summed E-state index contributed by atoms with van der Waals surface area (Å²) in [6, 6.07) is 7.09. The molecule has 140 valence electrons. The van der Waals surface area contributed by atoms with Crippen molar-refractivity contribution in [2.45, 2.75) is 45.4 Å². The van der Waals surface area contributed by atoms with Crippen molar-refractivity contribution in [3.05, 3.63) is 29.8 Å². The molecule has 0 radical (unpaired) electrons. The number of hydrogen-bond acceptors (Lipinski definition) is 3. The van der Waals surface area contributed by atoms with E-state index in [0.29, 0.717) is 30.3 Å². The van der Waals surface area contributed by atoms with Gasteiger partial charge >= 0.3 is 0 Å². The van der Waals surface area contributed by atoms with Gasteiger partial charge in [-0.25, -0.2) is 0 Å². The summed E-state index contributed by atoms with van der Waals surface area (Å²) in [5.74, 6) is 0.381. The summed E-state index contributed by atoms with van der Waals surface area (Å²) in [4.78, 5) is 24.7. The molecule has 1 unspecified atom stereocenters. The maximum Gasteiger partial charge on any atom is 0.253 e. The topological polar surface area (TPSA) is 84.2 Å². The summed E-state index contributed by atoms with van der Waals surface area (Å²) in [6.07, 6.45) is 7.27. The van der Waals surface area contributed by atoms with Crippen molar-refractivity contribution in [1.82, 2.24) is 5.32 Å². The number of nitrogens with two attached hydrogens (primary N) is 1. The van der Waals surface area contributed by atoms with Gasteiger partial charge in [0.25, 0.3) is 5.91 Å². The predicted molar refractivity (Wildman–Crippen MR) is 104 cm³/mol. The lowest BCUT2D eigenvalue weighted by Gasteiger charge is -2.24. The van der Waals surface area contributed by atoms with Gasteiger partial charge in [-0.3, -0.25) is 9.59 Å². The number of anilines is 1. The Hall–Kier alpha value is -1.59. The number of rotatable bonds is 7. The van der Waals surface area contributed by atoms with E-state index in [1.54, 1.807) is 18.2 Å². The molecule has 1 aromatic carbocycles. The highest BCUT2D eigenvalue weighted by atomic mass is 35.5. The van der Waals surface area contributed by atoms with Crippen LogP contribution in [-0.4, -0.2) is 24.9 Å². The molecular formula is C19H30ClN3O2. The van der Waals surface area contributed by atoms with Crippen molar-refractivity contribution in [2.24, 2.45) is 17.6 Å². The van der Waals surface area contributed by atoms with Crippen LogP contribution in [-0.2, 0) is 4.79 Å². The smallest absolute Gasteiger partial charge is 0.253 e. The summed E-state index contributed by atoms with van der Waals surface area (Å²) in [6.45, 7) is 2.78. The number of nitrogens with one attached hydrogen (secondary N) is 2. The molecule has 0 spiro atoms.